The monoisotopic (exact) mass is 254 g/mol. The highest BCUT2D eigenvalue weighted by atomic mass is 32.1. The van der Waals surface area contributed by atoms with Crippen LogP contribution in [0.15, 0.2) is 48.5 Å². The minimum Gasteiger partial charge on any atom is -0.366 e. The van der Waals surface area contributed by atoms with Gasteiger partial charge >= 0.3 is 0 Å². The third-order valence-corrected chi connectivity index (χ3v) is 3.76. The van der Waals surface area contributed by atoms with Crippen molar-refractivity contribution in [2.75, 3.05) is 0 Å². The second kappa shape index (κ2) is 4.23. The number of benzene rings is 2. The largest absolute Gasteiger partial charge is 0.366 e. The lowest BCUT2D eigenvalue weighted by molar-refractivity contribution is 0.100. The first-order chi connectivity index (χ1) is 8.74. The Kier molecular flexibility index (Phi) is 2.57. The minimum absolute atomic E-state index is 0.411. The van der Waals surface area contributed by atoms with Crippen molar-refractivity contribution in [3.8, 4) is 10.6 Å². The fourth-order valence-electron chi connectivity index (χ4n) is 1.78. The first kappa shape index (κ1) is 10.9. The predicted molar refractivity (Wildman–Crippen MR) is 73.6 cm³/mol. The van der Waals surface area contributed by atoms with E-state index in [0.29, 0.717) is 5.56 Å². The molecule has 3 nitrogen and oxygen atoms in total. The van der Waals surface area contributed by atoms with Crippen molar-refractivity contribution in [3.05, 3.63) is 54.1 Å². The number of hydrogen-bond acceptors (Lipinski definition) is 3. The topological polar surface area (TPSA) is 56.0 Å². The molecular weight excluding hydrogens is 244 g/mol. The molecule has 3 aromatic rings. The highest BCUT2D eigenvalue weighted by molar-refractivity contribution is 7.21. The van der Waals surface area contributed by atoms with Gasteiger partial charge in [0, 0.05) is 11.1 Å². The van der Waals surface area contributed by atoms with Gasteiger partial charge in [0.15, 0.2) is 0 Å². The van der Waals surface area contributed by atoms with Gasteiger partial charge in [-0.1, -0.05) is 30.3 Å². The fraction of sp³-hybridized carbons (Fsp3) is 0. The molecule has 4 heteroatoms. The first-order valence-electron chi connectivity index (χ1n) is 5.50. The number of primary amides is 1. The number of carbonyl (C=O) groups is 1. The molecule has 18 heavy (non-hydrogen) atoms. The lowest BCUT2D eigenvalue weighted by atomic mass is 10.2. The molecule has 0 saturated heterocycles. The number of carbonyl (C=O) groups excluding carboxylic acids is 1. The number of amides is 1. The third-order valence-electron chi connectivity index (χ3n) is 2.69. The molecule has 0 saturated carbocycles. The molecule has 1 heterocycles. The van der Waals surface area contributed by atoms with Gasteiger partial charge in [-0.2, -0.15) is 0 Å². The number of aromatic nitrogens is 1. The van der Waals surface area contributed by atoms with Crippen molar-refractivity contribution in [1.29, 1.82) is 0 Å². The summed E-state index contributed by atoms with van der Waals surface area (Å²) in [6.07, 6.45) is 0. The molecule has 0 aliphatic carbocycles. The summed E-state index contributed by atoms with van der Waals surface area (Å²) in [5.41, 5.74) is 7.76. The molecule has 2 aromatic carbocycles. The Hall–Kier alpha value is -2.20. The second-order valence-corrected chi connectivity index (χ2v) is 4.96. The van der Waals surface area contributed by atoms with Gasteiger partial charge in [-0.15, -0.1) is 11.3 Å². The van der Waals surface area contributed by atoms with E-state index in [9.17, 15) is 4.79 Å². The maximum atomic E-state index is 11.1. The van der Waals surface area contributed by atoms with Crippen molar-refractivity contribution >= 4 is 27.5 Å². The van der Waals surface area contributed by atoms with E-state index in [1.807, 2.05) is 36.4 Å². The molecular formula is C14H10N2OS. The number of fused-ring (bicyclic) bond motifs is 1. The van der Waals surface area contributed by atoms with Crippen LogP contribution in [0.5, 0.6) is 0 Å². The van der Waals surface area contributed by atoms with Gasteiger partial charge < -0.3 is 5.73 Å². The van der Waals surface area contributed by atoms with E-state index in [1.165, 1.54) is 0 Å². The van der Waals surface area contributed by atoms with E-state index in [4.69, 9.17) is 5.73 Å². The third kappa shape index (κ3) is 1.87. The molecule has 0 fully saturated rings. The number of rotatable bonds is 2. The van der Waals surface area contributed by atoms with Crippen LogP contribution >= 0.6 is 11.3 Å². The highest BCUT2D eigenvalue weighted by Crippen LogP contribution is 2.30. The van der Waals surface area contributed by atoms with E-state index in [2.05, 4.69) is 4.98 Å². The summed E-state index contributed by atoms with van der Waals surface area (Å²) in [5, 5.41) is 0.951. The van der Waals surface area contributed by atoms with Crippen LogP contribution in [0.25, 0.3) is 20.8 Å². The lowest BCUT2D eigenvalue weighted by Crippen LogP contribution is -2.10. The zero-order valence-corrected chi connectivity index (χ0v) is 10.3. The van der Waals surface area contributed by atoms with Crippen LogP contribution in [-0.2, 0) is 0 Å². The normalized spacial score (nSPS) is 10.7. The molecule has 1 aromatic heterocycles. The standard InChI is InChI=1S/C14H10N2OS/c15-13(17)10-6-7-11-12(8-10)18-14(16-11)9-4-2-1-3-5-9/h1-8H,(H2,15,17). The molecule has 0 aliphatic rings. The zero-order valence-electron chi connectivity index (χ0n) is 9.46. The Morgan fingerprint density at radius 1 is 1.11 bits per heavy atom. The molecule has 0 radical (unpaired) electrons. The van der Waals surface area contributed by atoms with Gasteiger partial charge in [0.1, 0.15) is 5.01 Å². The second-order valence-electron chi connectivity index (χ2n) is 3.93. The smallest absolute Gasteiger partial charge is 0.248 e. The van der Waals surface area contributed by atoms with Gasteiger partial charge in [0.05, 0.1) is 10.2 Å². The summed E-state index contributed by atoms with van der Waals surface area (Å²) in [7, 11) is 0. The lowest BCUT2D eigenvalue weighted by Gasteiger charge is -1.92. The van der Waals surface area contributed by atoms with E-state index < -0.39 is 5.91 Å². The molecule has 0 unspecified atom stereocenters. The van der Waals surface area contributed by atoms with E-state index in [0.717, 1.165) is 20.8 Å². The maximum Gasteiger partial charge on any atom is 0.248 e. The first-order valence-corrected chi connectivity index (χ1v) is 6.31. The number of nitrogens with zero attached hydrogens (tertiary/aromatic N) is 1. The molecule has 0 atom stereocenters. The average Bonchev–Trinajstić information content (AvgIpc) is 2.82. The van der Waals surface area contributed by atoms with Crippen LogP contribution in [0.4, 0.5) is 0 Å². The van der Waals surface area contributed by atoms with Crippen molar-refractivity contribution in [2.24, 2.45) is 5.73 Å². The minimum atomic E-state index is -0.411. The quantitative estimate of drug-likeness (QED) is 0.764. The highest BCUT2D eigenvalue weighted by Gasteiger charge is 2.08. The molecule has 2 N–H and O–H groups in total. The van der Waals surface area contributed by atoms with Crippen LogP contribution in [0, 0.1) is 0 Å². The van der Waals surface area contributed by atoms with Crippen molar-refractivity contribution in [1.82, 2.24) is 4.98 Å². The Morgan fingerprint density at radius 3 is 2.61 bits per heavy atom. The predicted octanol–water partition coefficient (Wildman–Crippen LogP) is 3.06. The van der Waals surface area contributed by atoms with Gasteiger partial charge in [-0.05, 0) is 18.2 Å². The Labute approximate surface area is 108 Å². The summed E-state index contributed by atoms with van der Waals surface area (Å²) in [6, 6.07) is 15.3. The van der Waals surface area contributed by atoms with Crippen molar-refractivity contribution < 1.29 is 4.79 Å². The molecule has 1 amide bonds. The van der Waals surface area contributed by atoms with Crippen LogP contribution in [0.1, 0.15) is 10.4 Å². The van der Waals surface area contributed by atoms with Crippen molar-refractivity contribution in [2.45, 2.75) is 0 Å². The summed E-state index contributed by atoms with van der Waals surface area (Å²) >= 11 is 1.56. The number of hydrogen-bond donors (Lipinski definition) is 1. The Morgan fingerprint density at radius 2 is 1.89 bits per heavy atom. The van der Waals surface area contributed by atoms with Crippen LogP contribution in [0.2, 0.25) is 0 Å². The van der Waals surface area contributed by atoms with E-state index in [-0.39, 0.29) is 0 Å². The van der Waals surface area contributed by atoms with Gasteiger partial charge in [0.2, 0.25) is 5.91 Å². The van der Waals surface area contributed by atoms with Gasteiger partial charge in [0.25, 0.3) is 0 Å². The summed E-state index contributed by atoms with van der Waals surface area (Å²) in [6.45, 7) is 0. The molecule has 88 valence electrons. The molecule has 0 spiro atoms. The fourth-order valence-corrected chi connectivity index (χ4v) is 2.79. The molecule has 3 rings (SSSR count). The van der Waals surface area contributed by atoms with E-state index in [1.54, 1.807) is 23.5 Å². The SMILES string of the molecule is NC(=O)c1ccc2nc(-c3ccccc3)sc2c1. The Bertz CT molecular complexity index is 719. The van der Waals surface area contributed by atoms with E-state index >= 15 is 0 Å². The number of thiazole rings is 1. The van der Waals surface area contributed by atoms with Gasteiger partial charge in [-0.25, -0.2) is 4.98 Å². The van der Waals surface area contributed by atoms with Crippen molar-refractivity contribution in [3.63, 3.8) is 0 Å². The summed E-state index contributed by atoms with van der Waals surface area (Å²) in [4.78, 5) is 15.7. The summed E-state index contributed by atoms with van der Waals surface area (Å²) < 4.78 is 0.977. The Balaban J connectivity index is 2.14. The summed E-state index contributed by atoms with van der Waals surface area (Å²) in [5.74, 6) is -0.411. The molecule has 0 bridgehead atoms. The number of nitrogens with two attached hydrogens (primary N) is 1. The average molecular weight is 254 g/mol. The maximum absolute atomic E-state index is 11.1. The van der Waals surface area contributed by atoms with Crippen LogP contribution in [-0.4, -0.2) is 10.9 Å². The molecule has 0 aliphatic heterocycles. The van der Waals surface area contributed by atoms with Gasteiger partial charge in [-0.3, -0.25) is 4.79 Å². The van der Waals surface area contributed by atoms with Crippen LogP contribution < -0.4 is 5.73 Å². The zero-order chi connectivity index (χ0) is 12.5. The van der Waals surface area contributed by atoms with Crippen LogP contribution in [0.3, 0.4) is 0 Å².